The molecule has 1 heterocycles. The molecule has 2 aromatic rings. The summed E-state index contributed by atoms with van der Waals surface area (Å²) < 4.78 is 0. The number of hydrogen-bond donors (Lipinski definition) is 2. The van der Waals surface area contributed by atoms with E-state index in [-0.39, 0.29) is 6.61 Å². The van der Waals surface area contributed by atoms with Gasteiger partial charge in [-0.1, -0.05) is 42.5 Å². The second-order valence-electron chi connectivity index (χ2n) is 3.88. The molecule has 0 unspecified atom stereocenters. The van der Waals surface area contributed by atoms with Gasteiger partial charge in [0.15, 0.2) is 0 Å². The van der Waals surface area contributed by atoms with Crippen LogP contribution in [0.15, 0.2) is 54.9 Å². The summed E-state index contributed by atoms with van der Waals surface area (Å²) in [7, 11) is 0. The zero-order chi connectivity index (χ0) is 12.6. The van der Waals surface area contributed by atoms with Crippen LogP contribution in [-0.4, -0.2) is 16.6 Å². The van der Waals surface area contributed by atoms with E-state index < -0.39 is 0 Å². The highest BCUT2D eigenvalue weighted by molar-refractivity contribution is 5.52. The lowest BCUT2D eigenvalue weighted by molar-refractivity contribution is 0.282. The molecule has 0 aliphatic rings. The van der Waals surface area contributed by atoms with Gasteiger partial charge >= 0.3 is 0 Å². The standard InChI is InChI=1S/C15H16N2O/c18-12-14-8-10-16-11-15(14)17-9-4-7-13-5-2-1-3-6-13/h1-8,10-11,17-18H,9,12H2. The number of nitrogens with zero attached hydrogens (tertiary/aromatic N) is 1. The van der Waals surface area contributed by atoms with Gasteiger partial charge in [-0.05, 0) is 11.6 Å². The van der Waals surface area contributed by atoms with Gasteiger partial charge in [0.05, 0.1) is 18.5 Å². The Balaban J connectivity index is 1.91. The van der Waals surface area contributed by atoms with Crippen LogP contribution < -0.4 is 5.32 Å². The minimum atomic E-state index is 0.0211. The van der Waals surface area contributed by atoms with Crippen molar-refractivity contribution in [3.8, 4) is 0 Å². The van der Waals surface area contributed by atoms with E-state index in [1.54, 1.807) is 12.4 Å². The molecule has 18 heavy (non-hydrogen) atoms. The molecule has 0 atom stereocenters. The number of benzene rings is 1. The predicted molar refractivity (Wildman–Crippen MR) is 74.1 cm³/mol. The Morgan fingerprint density at radius 3 is 2.78 bits per heavy atom. The summed E-state index contributed by atoms with van der Waals surface area (Å²) in [5, 5.41) is 12.4. The normalized spacial score (nSPS) is 10.7. The molecule has 0 spiro atoms. The summed E-state index contributed by atoms with van der Waals surface area (Å²) in [5.74, 6) is 0. The Morgan fingerprint density at radius 2 is 2.00 bits per heavy atom. The molecule has 0 bridgehead atoms. The number of aromatic nitrogens is 1. The highest BCUT2D eigenvalue weighted by atomic mass is 16.3. The Morgan fingerprint density at radius 1 is 1.17 bits per heavy atom. The molecule has 3 nitrogen and oxygen atoms in total. The van der Waals surface area contributed by atoms with E-state index in [1.165, 1.54) is 5.56 Å². The van der Waals surface area contributed by atoms with Gasteiger partial charge in [0, 0.05) is 18.3 Å². The molecule has 0 saturated carbocycles. The van der Waals surface area contributed by atoms with E-state index in [1.807, 2.05) is 30.3 Å². The molecule has 3 heteroatoms. The molecule has 92 valence electrons. The van der Waals surface area contributed by atoms with Gasteiger partial charge in [-0.15, -0.1) is 0 Å². The third-order valence-electron chi connectivity index (χ3n) is 2.60. The SMILES string of the molecule is OCc1ccncc1NCC=Cc1ccccc1. The number of aliphatic hydroxyl groups excluding tert-OH is 1. The van der Waals surface area contributed by atoms with Crippen LogP contribution in [0.1, 0.15) is 11.1 Å². The monoisotopic (exact) mass is 240 g/mol. The van der Waals surface area contributed by atoms with Crippen molar-refractivity contribution in [3.63, 3.8) is 0 Å². The van der Waals surface area contributed by atoms with Crippen LogP contribution in [-0.2, 0) is 6.61 Å². The molecular weight excluding hydrogens is 224 g/mol. The van der Waals surface area contributed by atoms with Crippen LogP contribution in [0.3, 0.4) is 0 Å². The minimum Gasteiger partial charge on any atom is -0.392 e. The fourth-order valence-electron chi connectivity index (χ4n) is 1.65. The number of anilines is 1. The van der Waals surface area contributed by atoms with Crippen molar-refractivity contribution in [3.05, 3.63) is 66.0 Å². The van der Waals surface area contributed by atoms with Crippen molar-refractivity contribution >= 4 is 11.8 Å². The lowest BCUT2D eigenvalue weighted by atomic mass is 10.2. The zero-order valence-corrected chi connectivity index (χ0v) is 10.1. The number of nitrogens with one attached hydrogen (secondary N) is 1. The minimum absolute atomic E-state index is 0.0211. The summed E-state index contributed by atoms with van der Waals surface area (Å²) in [5.41, 5.74) is 2.91. The lowest BCUT2D eigenvalue weighted by Crippen LogP contribution is -2.02. The molecule has 0 radical (unpaired) electrons. The van der Waals surface area contributed by atoms with Crippen LogP contribution in [0.5, 0.6) is 0 Å². The molecule has 0 aliphatic heterocycles. The van der Waals surface area contributed by atoms with Gasteiger partial charge in [0.25, 0.3) is 0 Å². The van der Waals surface area contributed by atoms with Crippen LogP contribution in [0.4, 0.5) is 5.69 Å². The first-order valence-corrected chi connectivity index (χ1v) is 5.89. The first kappa shape index (κ1) is 12.3. The van der Waals surface area contributed by atoms with Crippen molar-refractivity contribution in [1.29, 1.82) is 0 Å². The van der Waals surface area contributed by atoms with E-state index in [4.69, 9.17) is 5.11 Å². The lowest BCUT2D eigenvalue weighted by Gasteiger charge is -2.07. The second-order valence-corrected chi connectivity index (χ2v) is 3.88. The van der Waals surface area contributed by atoms with Gasteiger partial charge < -0.3 is 10.4 Å². The average Bonchev–Trinajstić information content (AvgIpc) is 2.45. The molecule has 2 rings (SSSR count). The maximum atomic E-state index is 9.17. The zero-order valence-electron chi connectivity index (χ0n) is 10.1. The van der Waals surface area contributed by atoms with Crippen molar-refractivity contribution in [2.75, 3.05) is 11.9 Å². The highest BCUT2D eigenvalue weighted by Crippen LogP contribution is 2.12. The Labute approximate surface area is 107 Å². The fourth-order valence-corrected chi connectivity index (χ4v) is 1.65. The molecule has 0 fully saturated rings. The first-order chi connectivity index (χ1) is 8.90. The average molecular weight is 240 g/mol. The Bertz CT molecular complexity index is 509. The molecular formula is C15H16N2O. The van der Waals surface area contributed by atoms with Crippen molar-refractivity contribution in [2.45, 2.75) is 6.61 Å². The van der Waals surface area contributed by atoms with Gasteiger partial charge in [-0.3, -0.25) is 4.98 Å². The smallest absolute Gasteiger partial charge is 0.0703 e. The van der Waals surface area contributed by atoms with Crippen LogP contribution in [0.25, 0.3) is 6.08 Å². The van der Waals surface area contributed by atoms with Crippen molar-refractivity contribution in [1.82, 2.24) is 4.98 Å². The molecule has 0 aliphatic carbocycles. The van der Waals surface area contributed by atoms with Crippen molar-refractivity contribution in [2.24, 2.45) is 0 Å². The van der Waals surface area contributed by atoms with Gasteiger partial charge in [-0.25, -0.2) is 0 Å². The number of pyridine rings is 1. The quantitative estimate of drug-likeness (QED) is 0.844. The number of aliphatic hydroxyl groups is 1. The summed E-state index contributed by atoms with van der Waals surface area (Å²) >= 11 is 0. The summed E-state index contributed by atoms with van der Waals surface area (Å²) in [6.45, 7) is 0.723. The molecule has 1 aromatic heterocycles. The van der Waals surface area contributed by atoms with E-state index in [0.29, 0.717) is 6.54 Å². The van der Waals surface area contributed by atoms with Crippen LogP contribution in [0, 0.1) is 0 Å². The largest absolute Gasteiger partial charge is 0.392 e. The summed E-state index contributed by atoms with van der Waals surface area (Å²) in [6, 6.07) is 11.9. The highest BCUT2D eigenvalue weighted by Gasteiger charge is 1.98. The van der Waals surface area contributed by atoms with E-state index >= 15 is 0 Å². The van der Waals surface area contributed by atoms with E-state index in [0.717, 1.165) is 11.3 Å². The maximum absolute atomic E-state index is 9.17. The number of rotatable bonds is 5. The van der Waals surface area contributed by atoms with E-state index in [2.05, 4.69) is 28.5 Å². The van der Waals surface area contributed by atoms with Gasteiger partial charge in [0.1, 0.15) is 0 Å². The second kappa shape index (κ2) is 6.57. The predicted octanol–water partition coefficient (Wildman–Crippen LogP) is 2.70. The van der Waals surface area contributed by atoms with Crippen molar-refractivity contribution < 1.29 is 5.11 Å². The third-order valence-corrected chi connectivity index (χ3v) is 2.60. The van der Waals surface area contributed by atoms with Gasteiger partial charge in [0.2, 0.25) is 0 Å². The maximum Gasteiger partial charge on any atom is 0.0703 e. The topological polar surface area (TPSA) is 45.2 Å². The molecule has 1 aromatic carbocycles. The van der Waals surface area contributed by atoms with Crippen LogP contribution in [0.2, 0.25) is 0 Å². The first-order valence-electron chi connectivity index (χ1n) is 5.89. The Kier molecular flexibility index (Phi) is 4.50. The number of hydrogen-bond acceptors (Lipinski definition) is 3. The van der Waals surface area contributed by atoms with Gasteiger partial charge in [-0.2, -0.15) is 0 Å². The fraction of sp³-hybridized carbons (Fsp3) is 0.133. The summed E-state index contributed by atoms with van der Waals surface area (Å²) in [4.78, 5) is 4.03. The summed E-state index contributed by atoms with van der Waals surface area (Å²) in [6.07, 6.45) is 7.50. The molecule has 0 amide bonds. The molecule has 0 saturated heterocycles. The molecule has 2 N–H and O–H groups in total. The third kappa shape index (κ3) is 3.43. The Hall–Kier alpha value is -2.13. The van der Waals surface area contributed by atoms with E-state index in [9.17, 15) is 0 Å². The van der Waals surface area contributed by atoms with Crippen LogP contribution >= 0.6 is 0 Å².